The maximum Gasteiger partial charge on any atom is 0.326 e. The van der Waals surface area contributed by atoms with Crippen LogP contribution >= 0.6 is 12.6 Å². The van der Waals surface area contributed by atoms with E-state index in [1.807, 2.05) is 0 Å². The topological polar surface area (TPSA) is 231 Å². The van der Waals surface area contributed by atoms with Crippen LogP contribution in [0.15, 0.2) is 0 Å². The quantitative estimate of drug-likeness (QED) is 0.117. The van der Waals surface area contributed by atoms with Crippen molar-refractivity contribution >= 4 is 48.2 Å². The Bertz CT molecular complexity index is 717. The van der Waals surface area contributed by atoms with E-state index in [1.165, 1.54) is 0 Å². The fraction of sp³-hybridized carbons (Fsp3) is 0.667. The Morgan fingerprint density at radius 3 is 1.72 bits per heavy atom. The number of thiol groups is 1. The summed E-state index contributed by atoms with van der Waals surface area (Å²) in [5.41, 5.74) is 10.7. The van der Waals surface area contributed by atoms with Gasteiger partial charge in [0.25, 0.3) is 0 Å². The molecule has 13 nitrogen and oxygen atoms in total. The van der Waals surface area contributed by atoms with Crippen LogP contribution in [0.5, 0.6) is 0 Å². The van der Waals surface area contributed by atoms with Crippen LogP contribution < -0.4 is 27.4 Å². The molecular weight excluding hydrogens is 446 g/mol. The van der Waals surface area contributed by atoms with E-state index in [9.17, 15) is 33.9 Å². The van der Waals surface area contributed by atoms with E-state index < -0.39 is 66.2 Å². The second-order valence-electron chi connectivity index (χ2n) is 7.41. The van der Waals surface area contributed by atoms with Crippen LogP contribution in [0.25, 0.3) is 0 Å². The van der Waals surface area contributed by atoms with Crippen molar-refractivity contribution in [2.24, 2.45) is 17.4 Å². The maximum absolute atomic E-state index is 12.6. The average Bonchev–Trinajstić information content (AvgIpc) is 2.70. The molecule has 0 heterocycles. The largest absolute Gasteiger partial charge is 0.481 e. The lowest BCUT2D eigenvalue weighted by atomic mass is 10.0. The highest BCUT2D eigenvalue weighted by atomic mass is 32.1. The van der Waals surface area contributed by atoms with Crippen molar-refractivity contribution in [3.05, 3.63) is 0 Å². The summed E-state index contributed by atoms with van der Waals surface area (Å²) < 4.78 is 0. The lowest BCUT2D eigenvalue weighted by Gasteiger charge is -2.25. The van der Waals surface area contributed by atoms with Crippen LogP contribution in [0.4, 0.5) is 0 Å². The molecule has 14 heteroatoms. The maximum atomic E-state index is 12.6. The van der Waals surface area contributed by atoms with Gasteiger partial charge in [-0.25, -0.2) is 4.79 Å². The van der Waals surface area contributed by atoms with Gasteiger partial charge in [-0.05, 0) is 18.8 Å². The lowest BCUT2D eigenvalue weighted by Crippen LogP contribution is -2.58. The molecule has 0 bridgehead atoms. The molecule has 0 radical (unpaired) electrons. The van der Waals surface area contributed by atoms with E-state index in [2.05, 4.69) is 28.6 Å². The first-order valence-electron chi connectivity index (χ1n) is 9.80. The number of amides is 4. The fourth-order valence-electron chi connectivity index (χ4n) is 2.39. The molecule has 9 N–H and O–H groups in total. The Morgan fingerprint density at radius 2 is 1.28 bits per heavy atom. The number of primary amides is 1. The summed E-state index contributed by atoms with van der Waals surface area (Å²) in [7, 11) is 0. The molecule has 4 amide bonds. The molecule has 0 rings (SSSR count). The summed E-state index contributed by atoms with van der Waals surface area (Å²) >= 11 is 3.97. The van der Waals surface area contributed by atoms with E-state index in [1.54, 1.807) is 13.8 Å². The zero-order chi connectivity index (χ0) is 25.0. The number of rotatable bonds is 15. The van der Waals surface area contributed by atoms with Crippen molar-refractivity contribution < 1.29 is 39.0 Å². The number of nitrogens with two attached hydrogens (primary N) is 2. The molecule has 0 aliphatic rings. The van der Waals surface area contributed by atoms with E-state index in [0.717, 1.165) is 0 Å². The molecule has 4 unspecified atom stereocenters. The van der Waals surface area contributed by atoms with E-state index >= 15 is 0 Å². The minimum atomic E-state index is -1.43. The molecule has 0 aliphatic heterocycles. The molecule has 0 saturated heterocycles. The smallest absolute Gasteiger partial charge is 0.326 e. The first-order chi connectivity index (χ1) is 14.8. The summed E-state index contributed by atoms with van der Waals surface area (Å²) in [5, 5.41) is 25.0. The van der Waals surface area contributed by atoms with E-state index in [0.29, 0.717) is 0 Å². The Labute approximate surface area is 190 Å². The van der Waals surface area contributed by atoms with E-state index in [-0.39, 0.29) is 30.9 Å². The van der Waals surface area contributed by atoms with Gasteiger partial charge in [-0.2, -0.15) is 12.6 Å². The van der Waals surface area contributed by atoms with Gasteiger partial charge in [0.05, 0.1) is 6.04 Å². The Balaban J connectivity index is 5.30. The van der Waals surface area contributed by atoms with Gasteiger partial charge >= 0.3 is 11.9 Å². The number of carboxylic acids is 2. The summed E-state index contributed by atoms with van der Waals surface area (Å²) in [6.07, 6.45) is -1.25. The van der Waals surface area contributed by atoms with Crippen LogP contribution in [-0.2, 0) is 28.8 Å². The van der Waals surface area contributed by atoms with Gasteiger partial charge in [0.2, 0.25) is 23.6 Å². The van der Waals surface area contributed by atoms with Crippen LogP contribution in [0.1, 0.15) is 39.5 Å². The lowest BCUT2D eigenvalue weighted by molar-refractivity contribution is -0.142. The highest BCUT2D eigenvalue weighted by Crippen LogP contribution is 2.05. The number of hydrogen-bond acceptors (Lipinski definition) is 8. The third kappa shape index (κ3) is 10.9. The molecule has 0 aromatic rings. The first-order valence-corrected chi connectivity index (χ1v) is 10.4. The van der Waals surface area contributed by atoms with Gasteiger partial charge in [0, 0.05) is 18.6 Å². The van der Waals surface area contributed by atoms with Gasteiger partial charge in [-0.15, -0.1) is 0 Å². The van der Waals surface area contributed by atoms with Crippen molar-refractivity contribution in [2.75, 3.05) is 5.75 Å². The number of carbonyl (C=O) groups excluding carboxylic acids is 4. The van der Waals surface area contributed by atoms with Gasteiger partial charge in [-0.1, -0.05) is 13.8 Å². The number of nitrogens with one attached hydrogen (secondary N) is 3. The molecule has 0 spiro atoms. The predicted molar refractivity (Wildman–Crippen MR) is 115 cm³/mol. The van der Waals surface area contributed by atoms with Crippen LogP contribution in [-0.4, -0.2) is 75.7 Å². The average molecular weight is 478 g/mol. The summed E-state index contributed by atoms with van der Waals surface area (Å²) in [6.45, 7) is 3.38. The molecule has 0 aromatic carbocycles. The van der Waals surface area contributed by atoms with Gasteiger partial charge < -0.3 is 37.6 Å². The van der Waals surface area contributed by atoms with Crippen molar-refractivity contribution in [1.29, 1.82) is 0 Å². The second kappa shape index (κ2) is 14.2. The summed E-state index contributed by atoms with van der Waals surface area (Å²) in [5.74, 6) is -6.27. The number of carbonyl (C=O) groups is 6. The SMILES string of the molecule is CC(C)C(N)C(=O)NC(CCC(=O)O)C(=O)NC(CS)C(=O)NC(CCC(N)=O)C(=O)O. The van der Waals surface area contributed by atoms with Gasteiger partial charge in [0.15, 0.2) is 0 Å². The molecule has 0 aromatic heterocycles. The number of hydrogen-bond donors (Lipinski definition) is 8. The Hall–Kier alpha value is -2.87. The Kier molecular flexibility index (Phi) is 13.0. The highest BCUT2D eigenvalue weighted by Gasteiger charge is 2.30. The minimum Gasteiger partial charge on any atom is -0.481 e. The third-order valence-corrected chi connectivity index (χ3v) is 4.78. The second-order valence-corrected chi connectivity index (χ2v) is 7.78. The summed E-state index contributed by atoms with van der Waals surface area (Å²) in [4.78, 5) is 70.3. The standard InChI is InChI=1S/C18H31N5O8S/c1-8(2)14(20)17(29)21-9(4-6-13(25)26)15(27)23-11(7-32)16(28)22-10(18(30)31)3-5-12(19)24/h8-11,14,32H,3-7,20H2,1-2H3,(H2,19,24)(H,21,29)(H,22,28)(H,23,27)(H,25,26)(H,30,31). The van der Waals surface area contributed by atoms with Gasteiger partial charge in [0.1, 0.15) is 18.1 Å². The van der Waals surface area contributed by atoms with Crippen molar-refractivity contribution in [1.82, 2.24) is 16.0 Å². The van der Waals surface area contributed by atoms with Crippen molar-refractivity contribution in [2.45, 2.75) is 63.7 Å². The van der Waals surface area contributed by atoms with Crippen LogP contribution in [0, 0.1) is 5.92 Å². The molecule has 182 valence electrons. The molecule has 0 aliphatic carbocycles. The zero-order valence-corrected chi connectivity index (χ0v) is 18.8. The molecule has 32 heavy (non-hydrogen) atoms. The minimum absolute atomic E-state index is 0.231. The highest BCUT2D eigenvalue weighted by molar-refractivity contribution is 7.80. The van der Waals surface area contributed by atoms with Crippen molar-refractivity contribution in [3.8, 4) is 0 Å². The van der Waals surface area contributed by atoms with E-state index in [4.69, 9.17) is 16.6 Å². The normalized spacial score (nSPS) is 14.5. The molecule has 0 fully saturated rings. The van der Waals surface area contributed by atoms with Crippen molar-refractivity contribution in [3.63, 3.8) is 0 Å². The Morgan fingerprint density at radius 1 is 0.812 bits per heavy atom. The first kappa shape index (κ1) is 29.1. The fourth-order valence-corrected chi connectivity index (χ4v) is 2.65. The van der Waals surface area contributed by atoms with Crippen LogP contribution in [0.2, 0.25) is 0 Å². The van der Waals surface area contributed by atoms with Gasteiger partial charge in [-0.3, -0.25) is 24.0 Å². The van der Waals surface area contributed by atoms with Crippen LogP contribution in [0.3, 0.4) is 0 Å². The monoisotopic (exact) mass is 477 g/mol. The number of carboxylic acid groups (broad SMARTS) is 2. The molecular formula is C18H31N5O8S. The zero-order valence-electron chi connectivity index (χ0n) is 17.9. The third-order valence-electron chi connectivity index (χ3n) is 4.41. The molecule has 0 saturated carbocycles. The summed E-state index contributed by atoms with van der Waals surface area (Å²) in [6, 6.07) is -4.98. The predicted octanol–water partition coefficient (Wildman–Crippen LogP) is -2.43. The molecule has 4 atom stereocenters. The number of aliphatic carboxylic acids is 2.